The van der Waals surface area contributed by atoms with Gasteiger partial charge in [-0.05, 0) is 37.1 Å². The van der Waals surface area contributed by atoms with E-state index in [-0.39, 0.29) is 18.2 Å². The minimum Gasteiger partial charge on any atom is -0.435 e. The molecule has 3 aromatic rings. The van der Waals surface area contributed by atoms with Crippen LogP contribution in [0, 0.1) is 13.8 Å². The van der Waals surface area contributed by atoms with Crippen molar-refractivity contribution in [3.8, 4) is 5.75 Å². The molecule has 0 saturated carbocycles. The van der Waals surface area contributed by atoms with Gasteiger partial charge < -0.3 is 15.0 Å². The Morgan fingerprint density at radius 1 is 1.26 bits per heavy atom. The van der Waals surface area contributed by atoms with Gasteiger partial charge in [-0.1, -0.05) is 29.5 Å². The van der Waals surface area contributed by atoms with Gasteiger partial charge in [0.2, 0.25) is 5.91 Å². The van der Waals surface area contributed by atoms with E-state index in [2.05, 4.69) is 21.1 Å². The number of aryl methyl sites for hydroxylation is 2. The molecule has 142 valence electrons. The monoisotopic (exact) mass is 391 g/mol. The molecule has 27 heavy (non-hydrogen) atoms. The number of anilines is 2. The van der Waals surface area contributed by atoms with Crippen molar-refractivity contribution < 1.29 is 18.3 Å². The van der Waals surface area contributed by atoms with Crippen LogP contribution in [0.2, 0.25) is 0 Å². The highest BCUT2D eigenvalue weighted by Crippen LogP contribution is 2.32. The predicted molar refractivity (Wildman–Crippen MR) is 104 cm³/mol. The van der Waals surface area contributed by atoms with Crippen molar-refractivity contribution in [2.45, 2.75) is 20.5 Å². The van der Waals surface area contributed by atoms with E-state index in [1.807, 2.05) is 19.9 Å². The highest BCUT2D eigenvalue weighted by molar-refractivity contribution is 7.22. The van der Waals surface area contributed by atoms with E-state index in [1.165, 1.54) is 29.5 Å². The molecule has 0 aliphatic rings. The normalized spacial score (nSPS) is 11.0. The molecule has 3 rings (SSSR count). The number of carbonyl (C=O) groups is 1. The minimum absolute atomic E-state index is 0.00622. The molecule has 0 aliphatic carbocycles. The Labute approximate surface area is 159 Å². The number of benzene rings is 2. The molecule has 0 fully saturated rings. The van der Waals surface area contributed by atoms with Gasteiger partial charge in [-0.15, -0.1) is 0 Å². The van der Waals surface area contributed by atoms with Gasteiger partial charge in [-0.3, -0.25) is 4.79 Å². The fourth-order valence-electron chi connectivity index (χ4n) is 2.64. The summed E-state index contributed by atoms with van der Waals surface area (Å²) in [7, 11) is 1.79. The summed E-state index contributed by atoms with van der Waals surface area (Å²) in [6.45, 7) is 1.21. The average molecular weight is 391 g/mol. The topological polar surface area (TPSA) is 54.5 Å². The number of hydrogen-bond acceptors (Lipinski definition) is 5. The molecule has 0 unspecified atom stereocenters. The summed E-state index contributed by atoms with van der Waals surface area (Å²) in [5.41, 5.74) is 3.57. The van der Waals surface area contributed by atoms with Crippen molar-refractivity contribution in [3.63, 3.8) is 0 Å². The fraction of sp³-hybridized carbons (Fsp3) is 0.263. The number of halogens is 2. The first-order chi connectivity index (χ1) is 12.8. The number of ether oxygens (including phenoxy) is 1. The van der Waals surface area contributed by atoms with Crippen LogP contribution in [0.3, 0.4) is 0 Å². The van der Waals surface area contributed by atoms with Crippen LogP contribution in [0.1, 0.15) is 11.1 Å². The van der Waals surface area contributed by atoms with Crippen LogP contribution in [0.15, 0.2) is 36.4 Å². The van der Waals surface area contributed by atoms with Gasteiger partial charge in [-0.25, -0.2) is 4.98 Å². The van der Waals surface area contributed by atoms with Crippen molar-refractivity contribution in [2.75, 3.05) is 23.8 Å². The van der Waals surface area contributed by atoms with Gasteiger partial charge in [0, 0.05) is 18.8 Å². The lowest BCUT2D eigenvalue weighted by Gasteiger charge is -2.15. The third kappa shape index (κ3) is 4.51. The molecule has 0 saturated heterocycles. The van der Waals surface area contributed by atoms with Crippen LogP contribution in [0.5, 0.6) is 5.75 Å². The minimum atomic E-state index is -2.91. The molecule has 5 nitrogen and oxygen atoms in total. The maximum atomic E-state index is 12.3. The lowest BCUT2D eigenvalue weighted by Crippen LogP contribution is -2.29. The Bertz CT molecular complexity index is 936. The summed E-state index contributed by atoms with van der Waals surface area (Å²) in [5, 5.41) is 3.43. The Morgan fingerprint density at radius 3 is 2.70 bits per heavy atom. The van der Waals surface area contributed by atoms with Gasteiger partial charge in [0.1, 0.15) is 5.75 Å². The lowest BCUT2D eigenvalue weighted by atomic mass is 10.1. The van der Waals surface area contributed by atoms with Gasteiger partial charge >= 0.3 is 6.61 Å². The summed E-state index contributed by atoms with van der Waals surface area (Å²) in [6.07, 6.45) is 0. The zero-order chi connectivity index (χ0) is 19.6. The van der Waals surface area contributed by atoms with E-state index in [0.717, 1.165) is 26.5 Å². The number of nitrogens with zero attached hydrogens (tertiary/aromatic N) is 2. The summed E-state index contributed by atoms with van der Waals surface area (Å²) in [6, 6.07) is 9.99. The predicted octanol–water partition coefficient (Wildman–Crippen LogP) is 4.59. The first kappa shape index (κ1) is 19.0. The zero-order valence-electron chi connectivity index (χ0n) is 15.1. The van der Waals surface area contributed by atoms with E-state index in [4.69, 9.17) is 0 Å². The Morgan fingerprint density at radius 2 is 2.00 bits per heavy atom. The molecule has 1 N–H and O–H groups in total. The second kappa shape index (κ2) is 7.87. The molecule has 1 amide bonds. The number of nitrogens with one attached hydrogen (secondary N) is 1. The van der Waals surface area contributed by atoms with Gasteiger partial charge in [-0.2, -0.15) is 8.78 Å². The van der Waals surface area contributed by atoms with Crippen LogP contribution in [0.4, 0.5) is 19.6 Å². The number of aromatic nitrogens is 1. The molecule has 1 aromatic heterocycles. The Balaban J connectivity index is 1.69. The molecular weight excluding hydrogens is 372 g/mol. The molecule has 0 radical (unpaired) electrons. The number of hydrogen-bond donors (Lipinski definition) is 1. The molecule has 0 atom stereocenters. The van der Waals surface area contributed by atoms with Crippen LogP contribution >= 0.6 is 11.3 Å². The molecular formula is C19H19F2N3O2S. The molecule has 0 spiro atoms. The second-order valence-electron chi connectivity index (χ2n) is 6.18. The van der Waals surface area contributed by atoms with Crippen LogP contribution in [-0.2, 0) is 4.79 Å². The van der Waals surface area contributed by atoms with Crippen LogP contribution in [-0.4, -0.2) is 31.1 Å². The third-order valence-electron chi connectivity index (χ3n) is 3.98. The van der Waals surface area contributed by atoms with Crippen molar-refractivity contribution in [3.05, 3.63) is 47.5 Å². The number of alkyl halides is 2. The summed E-state index contributed by atoms with van der Waals surface area (Å²) >= 11 is 1.54. The maximum absolute atomic E-state index is 12.3. The smallest absolute Gasteiger partial charge is 0.387 e. The average Bonchev–Trinajstić information content (AvgIpc) is 3.05. The van der Waals surface area contributed by atoms with E-state index in [1.54, 1.807) is 18.0 Å². The van der Waals surface area contributed by atoms with Crippen molar-refractivity contribution >= 4 is 38.3 Å². The van der Waals surface area contributed by atoms with E-state index < -0.39 is 6.61 Å². The largest absolute Gasteiger partial charge is 0.435 e. The summed E-state index contributed by atoms with van der Waals surface area (Å²) in [4.78, 5) is 18.7. The first-order valence-electron chi connectivity index (χ1n) is 8.26. The van der Waals surface area contributed by atoms with Gasteiger partial charge in [0.15, 0.2) is 5.13 Å². The fourth-order valence-corrected chi connectivity index (χ4v) is 3.72. The third-order valence-corrected chi connectivity index (χ3v) is 5.29. The SMILES string of the molecule is Cc1ccc(C)c2sc(N(C)CC(=O)Nc3cccc(OC(F)F)c3)nc12. The molecule has 2 aromatic carbocycles. The Hall–Kier alpha value is -2.74. The van der Waals surface area contributed by atoms with Crippen molar-refractivity contribution in [1.82, 2.24) is 4.98 Å². The van der Waals surface area contributed by atoms with E-state index in [9.17, 15) is 13.6 Å². The number of carbonyl (C=O) groups excluding carboxylic acids is 1. The van der Waals surface area contributed by atoms with Crippen molar-refractivity contribution in [2.24, 2.45) is 0 Å². The summed E-state index contributed by atoms with van der Waals surface area (Å²) in [5.74, 6) is -0.285. The Kier molecular flexibility index (Phi) is 5.55. The molecule has 0 aliphatic heterocycles. The second-order valence-corrected chi connectivity index (χ2v) is 7.16. The van der Waals surface area contributed by atoms with Crippen LogP contribution < -0.4 is 15.0 Å². The lowest BCUT2D eigenvalue weighted by molar-refractivity contribution is -0.114. The maximum Gasteiger partial charge on any atom is 0.387 e. The molecule has 8 heteroatoms. The van der Waals surface area contributed by atoms with Gasteiger partial charge in [0.25, 0.3) is 0 Å². The number of thiazole rings is 1. The zero-order valence-corrected chi connectivity index (χ0v) is 15.9. The van der Waals surface area contributed by atoms with Crippen molar-refractivity contribution in [1.29, 1.82) is 0 Å². The summed E-state index contributed by atoms with van der Waals surface area (Å²) < 4.78 is 30.0. The number of rotatable bonds is 6. The van der Waals surface area contributed by atoms with E-state index >= 15 is 0 Å². The highest BCUT2D eigenvalue weighted by Gasteiger charge is 2.15. The van der Waals surface area contributed by atoms with Gasteiger partial charge in [0.05, 0.1) is 16.8 Å². The number of fused-ring (bicyclic) bond motifs is 1. The number of amides is 1. The van der Waals surface area contributed by atoms with E-state index in [0.29, 0.717) is 5.69 Å². The number of likely N-dealkylation sites (N-methyl/N-ethyl adjacent to an activating group) is 1. The first-order valence-corrected chi connectivity index (χ1v) is 9.07. The molecule has 1 heterocycles. The molecule has 0 bridgehead atoms. The highest BCUT2D eigenvalue weighted by atomic mass is 32.1. The van der Waals surface area contributed by atoms with Crippen LogP contribution in [0.25, 0.3) is 10.2 Å². The quantitative estimate of drug-likeness (QED) is 0.668. The standard InChI is InChI=1S/C19H19F2N3O2S/c1-11-7-8-12(2)17-16(11)23-19(27-17)24(3)10-15(25)22-13-5-4-6-14(9-13)26-18(20)21/h4-9,18H,10H2,1-3H3,(H,22,25).